The number of benzene rings is 5. The predicted molar refractivity (Wildman–Crippen MR) is 212 cm³/mol. The molecule has 0 spiro atoms. The van der Waals surface area contributed by atoms with Gasteiger partial charge in [0, 0.05) is 16.3 Å². The van der Waals surface area contributed by atoms with Crippen molar-refractivity contribution < 1.29 is 38.9 Å². The van der Waals surface area contributed by atoms with Gasteiger partial charge in [-0.15, -0.1) is 0 Å². The number of aromatic carboxylic acids is 1. The molecule has 286 valence electrons. The van der Waals surface area contributed by atoms with E-state index in [0.717, 1.165) is 9.91 Å². The number of allylic oxidation sites excluding steroid dienone is 2. The summed E-state index contributed by atoms with van der Waals surface area (Å²) in [6.45, 7) is 0. The van der Waals surface area contributed by atoms with E-state index in [-0.39, 0.29) is 40.6 Å². The Morgan fingerprint density at radius 2 is 1.60 bits per heavy atom. The Hall–Kier alpha value is -6.17. The molecule has 2 aliphatic heterocycles. The van der Waals surface area contributed by atoms with E-state index >= 15 is 9.59 Å². The van der Waals surface area contributed by atoms with Gasteiger partial charge in [0.25, 0.3) is 11.8 Å². The zero-order chi connectivity index (χ0) is 39.9. The Bertz CT molecular complexity index is 2610. The Morgan fingerprint density at radius 1 is 0.842 bits per heavy atom. The van der Waals surface area contributed by atoms with Crippen molar-refractivity contribution in [1.82, 2.24) is 5.01 Å². The monoisotopic (exact) mass is 801 g/mol. The highest BCUT2D eigenvalue weighted by Crippen LogP contribution is 2.65. The molecule has 3 N–H and O–H groups in total. The lowest BCUT2D eigenvalue weighted by Crippen LogP contribution is -2.53. The summed E-state index contributed by atoms with van der Waals surface area (Å²) in [6, 6.07) is 27.9. The van der Waals surface area contributed by atoms with Crippen LogP contribution >= 0.6 is 23.2 Å². The van der Waals surface area contributed by atoms with Crippen molar-refractivity contribution in [1.29, 1.82) is 0 Å². The van der Waals surface area contributed by atoms with Crippen molar-refractivity contribution in [3.05, 3.63) is 142 Å². The van der Waals surface area contributed by atoms with E-state index in [1.807, 2.05) is 18.2 Å². The first-order valence-corrected chi connectivity index (χ1v) is 19.1. The number of nitrogens with one attached hydrogen (secondary N) is 1. The molecule has 4 amide bonds. The van der Waals surface area contributed by atoms with Gasteiger partial charge in [0.2, 0.25) is 11.8 Å². The largest absolute Gasteiger partial charge is 0.507 e. The molecular formula is C44H33Cl2N3O8. The van der Waals surface area contributed by atoms with Gasteiger partial charge in [-0.05, 0) is 89.9 Å². The number of anilines is 2. The smallest absolute Gasteiger partial charge is 0.335 e. The molecule has 0 bridgehead atoms. The van der Waals surface area contributed by atoms with E-state index in [2.05, 4.69) is 5.43 Å². The summed E-state index contributed by atoms with van der Waals surface area (Å²) in [5.41, 5.74) is 3.62. The normalized spacial score (nSPS) is 25.2. The van der Waals surface area contributed by atoms with Crippen LogP contribution in [0.3, 0.4) is 0 Å². The number of ether oxygens (including phenoxy) is 1. The first-order valence-electron chi connectivity index (χ1n) is 18.3. The molecule has 11 nitrogen and oxygen atoms in total. The van der Waals surface area contributed by atoms with Crippen LogP contribution in [-0.4, -0.2) is 51.9 Å². The second-order valence-electron chi connectivity index (χ2n) is 14.8. The summed E-state index contributed by atoms with van der Waals surface area (Å²) in [5, 5.41) is 23.5. The lowest BCUT2D eigenvalue weighted by atomic mass is 9.49. The van der Waals surface area contributed by atoms with E-state index in [0.29, 0.717) is 38.2 Å². The number of phenolic OH excluding ortho intramolecular Hbond substituents is 1. The summed E-state index contributed by atoms with van der Waals surface area (Å²) in [7, 11) is 1.53. The van der Waals surface area contributed by atoms with Crippen LogP contribution in [0, 0.1) is 23.7 Å². The summed E-state index contributed by atoms with van der Waals surface area (Å²) in [6.07, 6.45) is 2.13. The van der Waals surface area contributed by atoms with Gasteiger partial charge in [-0.25, -0.2) is 4.79 Å². The molecule has 1 saturated carbocycles. The number of rotatable bonds is 7. The molecule has 9 rings (SSSR count). The quantitative estimate of drug-likeness (QED) is 0.111. The summed E-state index contributed by atoms with van der Waals surface area (Å²) in [4.78, 5) is 72.6. The number of aromatic hydroxyl groups is 1. The SMILES string of the molecule is COc1ccc(C23C(=O)N(Nc4ccc(Cl)cc4Cl)C(=O)C2CC2C(=CCC4C(=O)N(c5cccc(C(=O)O)c5)C(=O)C42)C3c2ccc(O)c3ccccc23)cc1. The summed E-state index contributed by atoms with van der Waals surface area (Å²) in [5.74, 6) is -7.06. The van der Waals surface area contributed by atoms with Gasteiger partial charge in [-0.1, -0.05) is 83.4 Å². The van der Waals surface area contributed by atoms with Gasteiger partial charge in [-0.2, -0.15) is 5.01 Å². The number of carbonyl (C=O) groups excluding carboxylic acids is 4. The Kier molecular flexibility index (Phi) is 8.63. The van der Waals surface area contributed by atoms with E-state index in [9.17, 15) is 24.6 Å². The molecule has 5 aromatic rings. The van der Waals surface area contributed by atoms with Gasteiger partial charge in [0.05, 0.1) is 52.2 Å². The Labute approximate surface area is 336 Å². The van der Waals surface area contributed by atoms with Crippen LogP contribution in [0.4, 0.5) is 11.4 Å². The number of hydrogen-bond acceptors (Lipinski definition) is 8. The van der Waals surface area contributed by atoms with Crippen molar-refractivity contribution in [2.24, 2.45) is 23.7 Å². The standard InChI is InChI=1S/C44H33Cl2N3O8/c1-57-26-12-9-23(10-13-26)44-33(40(52)49(43(44)56)47-35-17-11-24(45)20-34(35)46)21-32-30(38(44)29-16-18-36(50)28-8-3-2-7-27(28)29)14-15-31-37(32)41(53)48(39(31)51)25-6-4-5-22(19-25)42(54)55/h2-14,16-20,31-33,37-38,47,50H,15,21H2,1H3,(H,54,55). The van der Waals surface area contributed by atoms with Crippen LogP contribution in [0.1, 0.15) is 40.2 Å². The lowest BCUT2D eigenvalue weighted by Gasteiger charge is -2.51. The number of halogens is 2. The number of imide groups is 2. The van der Waals surface area contributed by atoms with Crippen LogP contribution in [0.25, 0.3) is 10.8 Å². The minimum absolute atomic E-state index is 0.0275. The fourth-order valence-corrected chi connectivity index (χ4v) is 10.2. The second-order valence-corrected chi connectivity index (χ2v) is 15.6. The molecule has 6 atom stereocenters. The van der Waals surface area contributed by atoms with Crippen LogP contribution in [-0.2, 0) is 24.6 Å². The van der Waals surface area contributed by atoms with Crippen molar-refractivity contribution in [2.75, 3.05) is 17.4 Å². The third-order valence-electron chi connectivity index (χ3n) is 12.2. The Balaban J connectivity index is 1.27. The molecule has 57 heavy (non-hydrogen) atoms. The number of carboxylic acid groups (broad SMARTS) is 1. The molecule has 13 heteroatoms. The first kappa shape index (κ1) is 36.5. The number of hydrazine groups is 1. The average Bonchev–Trinajstić information content (AvgIpc) is 3.60. The number of nitrogens with zero attached hydrogens (tertiary/aromatic N) is 2. The van der Waals surface area contributed by atoms with Crippen LogP contribution in [0.15, 0.2) is 115 Å². The maximum atomic E-state index is 15.6. The molecule has 6 unspecified atom stereocenters. The topological polar surface area (TPSA) is 154 Å². The number of phenols is 1. The molecule has 2 aliphatic carbocycles. The minimum atomic E-state index is -1.61. The number of methoxy groups -OCH3 is 1. The zero-order valence-electron chi connectivity index (χ0n) is 30.2. The number of fused-ring (bicyclic) bond motifs is 5. The second kappa shape index (κ2) is 13.5. The van der Waals surface area contributed by atoms with E-state index in [4.69, 9.17) is 27.9 Å². The molecule has 3 fully saturated rings. The van der Waals surface area contributed by atoms with Crippen molar-refractivity contribution in [2.45, 2.75) is 24.2 Å². The van der Waals surface area contributed by atoms with Crippen LogP contribution in [0.2, 0.25) is 10.0 Å². The minimum Gasteiger partial charge on any atom is -0.507 e. The number of carboxylic acids is 1. The third-order valence-corrected chi connectivity index (χ3v) is 12.7. The summed E-state index contributed by atoms with van der Waals surface area (Å²) >= 11 is 12.8. The molecule has 4 aliphatic rings. The van der Waals surface area contributed by atoms with Crippen molar-refractivity contribution >= 4 is 74.9 Å². The average molecular weight is 803 g/mol. The predicted octanol–water partition coefficient (Wildman–Crippen LogP) is 7.75. The fraction of sp³-hybridized carbons (Fsp3) is 0.205. The van der Waals surface area contributed by atoms with Crippen molar-refractivity contribution in [3.63, 3.8) is 0 Å². The zero-order valence-corrected chi connectivity index (χ0v) is 31.7. The van der Waals surface area contributed by atoms with E-state index in [1.54, 1.807) is 60.7 Å². The maximum absolute atomic E-state index is 15.6. The number of carbonyl (C=O) groups is 5. The number of hydrogen-bond donors (Lipinski definition) is 3. The fourth-order valence-electron chi connectivity index (χ4n) is 9.78. The van der Waals surface area contributed by atoms with Gasteiger partial charge in [0.1, 0.15) is 11.5 Å². The maximum Gasteiger partial charge on any atom is 0.335 e. The lowest BCUT2D eigenvalue weighted by molar-refractivity contribution is -0.138. The third kappa shape index (κ3) is 5.36. The van der Waals surface area contributed by atoms with E-state index in [1.165, 1.54) is 37.4 Å². The summed E-state index contributed by atoms with van der Waals surface area (Å²) < 4.78 is 5.49. The van der Waals surface area contributed by atoms with Gasteiger partial charge >= 0.3 is 5.97 Å². The molecule has 2 heterocycles. The van der Waals surface area contributed by atoms with Crippen LogP contribution in [0.5, 0.6) is 11.5 Å². The van der Waals surface area contributed by atoms with Crippen molar-refractivity contribution in [3.8, 4) is 11.5 Å². The van der Waals surface area contributed by atoms with Gasteiger partial charge in [0.15, 0.2) is 0 Å². The highest BCUT2D eigenvalue weighted by atomic mass is 35.5. The molecule has 0 aromatic heterocycles. The van der Waals surface area contributed by atoms with Gasteiger partial charge < -0.3 is 14.9 Å². The van der Waals surface area contributed by atoms with E-state index < -0.39 is 64.6 Å². The number of amides is 4. The molecule has 0 radical (unpaired) electrons. The Morgan fingerprint density at radius 3 is 2.32 bits per heavy atom. The molecule has 2 saturated heterocycles. The molecule has 5 aromatic carbocycles. The highest BCUT2D eigenvalue weighted by Gasteiger charge is 2.70. The first-order chi connectivity index (χ1) is 27.4. The highest BCUT2D eigenvalue weighted by molar-refractivity contribution is 6.36. The van der Waals surface area contributed by atoms with Gasteiger partial charge in [-0.3, -0.25) is 29.5 Å². The van der Waals surface area contributed by atoms with Crippen LogP contribution < -0.4 is 15.1 Å². The molecular weight excluding hydrogens is 769 g/mol.